The first-order valence-electron chi connectivity index (χ1n) is 8.58. The van der Waals surface area contributed by atoms with Crippen molar-refractivity contribution in [3.63, 3.8) is 0 Å². The van der Waals surface area contributed by atoms with Gasteiger partial charge in [-0.2, -0.15) is 0 Å². The maximum atomic E-state index is 13.3. The Morgan fingerprint density at radius 2 is 1.54 bits per heavy atom. The zero-order valence-electron chi connectivity index (χ0n) is 15.2. The van der Waals surface area contributed by atoms with Crippen molar-refractivity contribution >= 4 is 17.8 Å². The van der Waals surface area contributed by atoms with E-state index in [-0.39, 0.29) is 11.4 Å². The molecule has 0 spiro atoms. The molecule has 1 aliphatic rings. The number of carbonyl (C=O) groups is 2. The van der Waals surface area contributed by atoms with Crippen LogP contribution in [-0.2, 0) is 19.7 Å². The second-order valence-electron chi connectivity index (χ2n) is 6.90. The van der Waals surface area contributed by atoms with E-state index in [0.717, 1.165) is 11.1 Å². The lowest BCUT2D eigenvalue weighted by atomic mass is 9.63. The maximum Gasteiger partial charge on any atom is 0.341 e. The highest BCUT2D eigenvalue weighted by Gasteiger charge is 2.56. The topological polar surface area (TPSA) is 43.4 Å². The van der Waals surface area contributed by atoms with Crippen molar-refractivity contribution in [3.05, 3.63) is 89.5 Å². The van der Waals surface area contributed by atoms with Crippen LogP contribution >= 0.6 is 0 Å². The molecule has 2 aromatic carbocycles. The standard InChI is InChI=1S/C23H22O3/c1-22(15-14-17-10-6-4-7-11-17)16-19(21(25)26-3)20(24)23(22,2)18-12-8-5-9-13-18/h4-16H,1-3H3/b15-14+/t22-,23-/m0/s1. The van der Waals surface area contributed by atoms with E-state index in [2.05, 4.69) is 0 Å². The molecule has 2 aromatic rings. The third kappa shape index (κ3) is 2.80. The monoisotopic (exact) mass is 346 g/mol. The number of esters is 1. The second kappa shape index (κ2) is 6.75. The van der Waals surface area contributed by atoms with Gasteiger partial charge in [0.2, 0.25) is 0 Å². The molecule has 0 fully saturated rings. The number of rotatable bonds is 4. The largest absolute Gasteiger partial charge is 0.465 e. The van der Waals surface area contributed by atoms with E-state index in [1.165, 1.54) is 7.11 Å². The molecule has 26 heavy (non-hydrogen) atoms. The van der Waals surface area contributed by atoms with Crippen LogP contribution in [-0.4, -0.2) is 18.9 Å². The Bertz CT molecular complexity index is 880. The van der Waals surface area contributed by atoms with Crippen LogP contribution < -0.4 is 0 Å². The Morgan fingerprint density at radius 1 is 0.962 bits per heavy atom. The molecule has 0 bridgehead atoms. The van der Waals surface area contributed by atoms with Gasteiger partial charge in [-0.05, 0) is 18.1 Å². The van der Waals surface area contributed by atoms with Crippen LogP contribution in [0.2, 0.25) is 0 Å². The number of allylic oxidation sites excluding steroid dienone is 2. The first kappa shape index (κ1) is 17.9. The van der Waals surface area contributed by atoms with Gasteiger partial charge in [0.15, 0.2) is 5.78 Å². The summed E-state index contributed by atoms with van der Waals surface area (Å²) in [5, 5.41) is 0. The minimum absolute atomic E-state index is 0.110. The fourth-order valence-electron chi connectivity index (χ4n) is 3.55. The number of Topliss-reactive ketones (excluding diaryl/α,β-unsaturated/α-hetero) is 1. The SMILES string of the molecule is COC(=O)C1=C[C@](C)(/C=C/c2ccccc2)[C@@](C)(c2ccccc2)C1=O. The summed E-state index contributed by atoms with van der Waals surface area (Å²) in [6, 6.07) is 19.5. The summed E-state index contributed by atoms with van der Waals surface area (Å²) in [5.41, 5.74) is 0.476. The summed E-state index contributed by atoms with van der Waals surface area (Å²) in [6.45, 7) is 3.87. The summed E-state index contributed by atoms with van der Waals surface area (Å²) in [4.78, 5) is 25.4. The number of carbonyl (C=O) groups excluding carboxylic acids is 2. The Balaban J connectivity index is 2.13. The average molecular weight is 346 g/mol. The molecule has 3 heteroatoms. The first-order chi connectivity index (χ1) is 12.4. The van der Waals surface area contributed by atoms with Gasteiger partial charge >= 0.3 is 5.97 Å². The third-order valence-electron chi connectivity index (χ3n) is 5.40. The molecule has 0 saturated carbocycles. The van der Waals surface area contributed by atoms with Gasteiger partial charge in [0, 0.05) is 5.41 Å². The highest BCUT2D eigenvalue weighted by Crippen LogP contribution is 2.51. The van der Waals surface area contributed by atoms with Gasteiger partial charge in [-0.15, -0.1) is 0 Å². The van der Waals surface area contributed by atoms with Crippen LogP contribution in [0.3, 0.4) is 0 Å². The molecule has 0 aliphatic heterocycles. The molecule has 0 unspecified atom stereocenters. The van der Waals surface area contributed by atoms with E-state index >= 15 is 0 Å². The maximum absolute atomic E-state index is 13.3. The highest BCUT2D eigenvalue weighted by atomic mass is 16.5. The minimum atomic E-state index is -0.886. The minimum Gasteiger partial charge on any atom is -0.465 e. The average Bonchev–Trinajstić information content (AvgIpc) is 2.90. The Hall–Kier alpha value is -2.94. The molecular formula is C23H22O3. The molecule has 0 amide bonds. The van der Waals surface area contributed by atoms with Gasteiger partial charge in [0.25, 0.3) is 0 Å². The quantitative estimate of drug-likeness (QED) is 0.611. The summed E-state index contributed by atoms with van der Waals surface area (Å²) in [6.07, 6.45) is 5.74. The van der Waals surface area contributed by atoms with E-state index in [0.29, 0.717) is 0 Å². The van der Waals surface area contributed by atoms with Crippen molar-refractivity contribution in [2.45, 2.75) is 19.3 Å². The van der Waals surface area contributed by atoms with Crippen molar-refractivity contribution in [3.8, 4) is 0 Å². The number of benzene rings is 2. The van der Waals surface area contributed by atoms with E-state index in [4.69, 9.17) is 4.74 Å². The molecular weight excluding hydrogens is 324 g/mol. The Labute approximate surface area is 154 Å². The second-order valence-corrected chi connectivity index (χ2v) is 6.90. The van der Waals surface area contributed by atoms with Crippen molar-refractivity contribution < 1.29 is 14.3 Å². The van der Waals surface area contributed by atoms with Gasteiger partial charge in [0.1, 0.15) is 5.57 Å². The van der Waals surface area contributed by atoms with Crippen LogP contribution in [0, 0.1) is 5.41 Å². The fraction of sp³-hybridized carbons (Fsp3) is 0.217. The lowest BCUT2D eigenvalue weighted by Gasteiger charge is -2.37. The zero-order valence-corrected chi connectivity index (χ0v) is 15.2. The van der Waals surface area contributed by atoms with Crippen molar-refractivity contribution in [2.24, 2.45) is 5.41 Å². The van der Waals surface area contributed by atoms with E-state index in [1.807, 2.05) is 86.7 Å². The molecule has 1 aliphatic carbocycles. The van der Waals surface area contributed by atoms with Crippen LogP contribution in [0.5, 0.6) is 0 Å². The van der Waals surface area contributed by atoms with Crippen molar-refractivity contribution in [2.75, 3.05) is 7.11 Å². The van der Waals surface area contributed by atoms with Crippen LogP contribution in [0.25, 0.3) is 6.08 Å². The normalized spacial score (nSPS) is 25.3. The third-order valence-corrected chi connectivity index (χ3v) is 5.40. The number of methoxy groups -OCH3 is 1. The smallest absolute Gasteiger partial charge is 0.341 e. The Morgan fingerprint density at radius 3 is 2.12 bits per heavy atom. The van der Waals surface area contributed by atoms with Gasteiger partial charge in [-0.3, -0.25) is 4.79 Å². The molecule has 3 rings (SSSR count). The number of hydrogen-bond donors (Lipinski definition) is 0. The molecule has 0 aromatic heterocycles. The van der Waals surface area contributed by atoms with Gasteiger partial charge < -0.3 is 4.74 Å². The van der Waals surface area contributed by atoms with E-state index in [9.17, 15) is 9.59 Å². The zero-order chi connectivity index (χ0) is 18.8. The molecule has 2 atom stereocenters. The van der Waals surface area contributed by atoms with Crippen LogP contribution in [0.4, 0.5) is 0 Å². The molecule has 0 radical (unpaired) electrons. The Kier molecular flexibility index (Phi) is 4.64. The predicted octanol–water partition coefficient (Wildman–Crippen LogP) is 4.35. The molecule has 0 heterocycles. The van der Waals surface area contributed by atoms with Gasteiger partial charge in [0.05, 0.1) is 12.5 Å². The summed E-state index contributed by atoms with van der Waals surface area (Å²) in [5.74, 6) is -0.801. The van der Waals surface area contributed by atoms with Crippen molar-refractivity contribution in [1.82, 2.24) is 0 Å². The first-order valence-corrected chi connectivity index (χ1v) is 8.58. The predicted molar refractivity (Wildman–Crippen MR) is 102 cm³/mol. The van der Waals surface area contributed by atoms with Gasteiger partial charge in [-0.25, -0.2) is 4.79 Å². The van der Waals surface area contributed by atoms with E-state index in [1.54, 1.807) is 6.08 Å². The number of ether oxygens (including phenoxy) is 1. The molecule has 132 valence electrons. The molecule has 0 N–H and O–H groups in total. The highest BCUT2D eigenvalue weighted by molar-refractivity contribution is 6.23. The summed E-state index contributed by atoms with van der Waals surface area (Å²) in [7, 11) is 1.30. The summed E-state index contributed by atoms with van der Waals surface area (Å²) < 4.78 is 4.84. The summed E-state index contributed by atoms with van der Waals surface area (Å²) >= 11 is 0. The van der Waals surface area contributed by atoms with Crippen molar-refractivity contribution in [1.29, 1.82) is 0 Å². The molecule has 3 nitrogen and oxygen atoms in total. The number of hydrogen-bond acceptors (Lipinski definition) is 3. The van der Waals surface area contributed by atoms with Crippen LogP contribution in [0.15, 0.2) is 78.4 Å². The molecule has 0 saturated heterocycles. The fourth-order valence-corrected chi connectivity index (χ4v) is 3.55. The van der Waals surface area contributed by atoms with E-state index < -0.39 is 16.8 Å². The van der Waals surface area contributed by atoms with Crippen LogP contribution in [0.1, 0.15) is 25.0 Å². The lowest BCUT2D eigenvalue weighted by molar-refractivity contribution is -0.138. The lowest BCUT2D eigenvalue weighted by Crippen LogP contribution is -2.42. The van der Waals surface area contributed by atoms with Gasteiger partial charge in [-0.1, -0.05) is 85.8 Å². The number of ketones is 1.